The minimum Gasteiger partial charge on any atom is -0.438 e. The summed E-state index contributed by atoms with van der Waals surface area (Å²) in [6.07, 6.45) is -4.25. The lowest BCUT2D eigenvalue weighted by Gasteiger charge is -2.15. The Balaban J connectivity index is 2.40. The van der Waals surface area contributed by atoms with Crippen molar-refractivity contribution in [3.63, 3.8) is 0 Å². The quantitative estimate of drug-likeness (QED) is 0.361. The van der Waals surface area contributed by atoms with E-state index in [0.29, 0.717) is 12.3 Å². The third-order valence-corrected chi connectivity index (χ3v) is 5.19. The van der Waals surface area contributed by atoms with Crippen LogP contribution in [0.15, 0.2) is 30.5 Å². The van der Waals surface area contributed by atoms with E-state index in [9.17, 15) is 37.5 Å². The second-order valence-corrected chi connectivity index (χ2v) is 8.26. The van der Waals surface area contributed by atoms with Gasteiger partial charge < -0.3 is 19.9 Å². The number of rotatable bonds is 6. The van der Waals surface area contributed by atoms with E-state index in [0.717, 1.165) is 25.1 Å². The first-order valence-electron chi connectivity index (χ1n) is 7.73. The van der Waals surface area contributed by atoms with Gasteiger partial charge in [-0.15, -0.1) is 0 Å². The molecule has 10 nitrogen and oxygen atoms in total. The third-order valence-electron chi connectivity index (χ3n) is 3.46. The zero-order valence-corrected chi connectivity index (χ0v) is 16.4. The number of pyridine rings is 1. The highest BCUT2D eigenvalue weighted by molar-refractivity contribution is 7.54. The zero-order valence-electron chi connectivity index (χ0n) is 14.8. The minimum atomic E-state index is -4.70. The summed E-state index contributed by atoms with van der Waals surface area (Å²) in [7, 11) is -4.62. The highest BCUT2D eigenvalue weighted by Crippen LogP contribution is 2.46. The van der Waals surface area contributed by atoms with Crippen molar-refractivity contribution in [2.75, 3.05) is 0 Å². The molecule has 1 aromatic carbocycles. The van der Waals surface area contributed by atoms with Gasteiger partial charge in [0.05, 0.1) is 10.5 Å². The maximum Gasteiger partial charge on any atom is 0.417 e. The molecule has 0 aliphatic carbocycles. The van der Waals surface area contributed by atoms with Crippen molar-refractivity contribution < 1.29 is 41.6 Å². The number of hydrogen-bond donors (Lipinski definition) is 2. The van der Waals surface area contributed by atoms with Crippen LogP contribution < -0.4 is 10.5 Å². The largest absolute Gasteiger partial charge is 0.438 e. The van der Waals surface area contributed by atoms with Crippen molar-refractivity contribution in [3.8, 4) is 11.6 Å². The fourth-order valence-corrected chi connectivity index (χ4v) is 2.63. The first-order valence-corrected chi connectivity index (χ1v) is 9.76. The van der Waals surface area contributed by atoms with Gasteiger partial charge in [-0.2, -0.15) is 13.2 Å². The van der Waals surface area contributed by atoms with Gasteiger partial charge in [-0.05, 0) is 19.1 Å². The van der Waals surface area contributed by atoms with E-state index in [1.165, 1.54) is 0 Å². The normalized spacial score (nSPS) is 14.5. The van der Waals surface area contributed by atoms with Gasteiger partial charge in [0.1, 0.15) is 22.1 Å². The summed E-state index contributed by atoms with van der Waals surface area (Å²) >= 11 is 5.72. The molecule has 30 heavy (non-hydrogen) atoms. The fraction of sp³-hybridized carbons (Fsp3) is 0.200. The highest BCUT2D eigenvalue weighted by Gasteiger charge is 2.34. The van der Waals surface area contributed by atoms with Crippen molar-refractivity contribution >= 4 is 30.9 Å². The van der Waals surface area contributed by atoms with Crippen LogP contribution in [0.2, 0.25) is 5.02 Å². The summed E-state index contributed by atoms with van der Waals surface area (Å²) in [5.74, 6) is -3.78. The van der Waals surface area contributed by atoms with Gasteiger partial charge >= 0.3 is 19.7 Å². The fourth-order valence-electron chi connectivity index (χ4n) is 1.92. The number of alkyl halides is 3. The third kappa shape index (κ3) is 5.45. The number of hydrogen-bond acceptors (Lipinski definition) is 8. The number of halogens is 4. The summed E-state index contributed by atoms with van der Waals surface area (Å²) in [5, 5.41) is 10.6. The molecule has 0 saturated carbocycles. The van der Waals surface area contributed by atoms with Gasteiger partial charge in [-0.25, -0.2) is 14.3 Å². The van der Waals surface area contributed by atoms with Crippen LogP contribution in [0.5, 0.6) is 11.6 Å². The number of ether oxygens (including phenoxy) is 1. The molecular formula is C15H12ClF3N3O7P. The Labute approximate surface area is 171 Å². The molecular weight excluding hydrogens is 458 g/mol. The van der Waals surface area contributed by atoms with Gasteiger partial charge in [0.2, 0.25) is 5.88 Å². The molecule has 0 saturated heterocycles. The first kappa shape index (κ1) is 23.5. The molecule has 1 heterocycles. The van der Waals surface area contributed by atoms with Gasteiger partial charge in [-0.3, -0.25) is 10.1 Å². The van der Waals surface area contributed by atoms with E-state index in [1.54, 1.807) is 0 Å². The number of nitrogens with two attached hydrogens (primary N) is 1. The van der Waals surface area contributed by atoms with E-state index in [2.05, 4.69) is 9.51 Å². The summed E-state index contributed by atoms with van der Waals surface area (Å²) in [5.41, 5.74) is 2.54. The van der Waals surface area contributed by atoms with Crippen molar-refractivity contribution in [2.45, 2.75) is 18.9 Å². The van der Waals surface area contributed by atoms with Crippen LogP contribution in [0.4, 0.5) is 18.9 Å². The lowest BCUT2D eigenvalue weighted by atomic mass is 10.1. The van der Waals surface area contributed by atoms with Crippen molar-refractivity contribution in [1.29, 1.82) is 0 Å². The van der Waals surface area contributed by atoms with Gasteiger partial charge in [0.25, 0.3) is 5.69 Å². The molecule has 0 fully saturated rings. The highest BCUT2D eigenvalue weighted by atomic mass is 35.5. The van der Waals surface area contributed by atoms with Crippen molar-refractivity contribution in [1.82, 2.24) is 4.98 Å². The Morgan fingerprint density at radius 2 is 2.03 bits per heavy atom. The van der Waals surface area contributed by atoms with Gasteiger partial charge in [0, 0.05) is 18.3 Å². The zero-order chi connectivity index (χ0) is 22.9. The minimum absolute atomic E-state index is 0.296. The van der Waals surface area contributed by atoms with Crippen LogP contribution in [0.3, 0.4) is 0 Å². The topological polar surface area (TPSA) is 155 Å². The summed E-state index contributed by atoms with van der Waals surface area (Å²) in [6.45, 7) is 1.08. The molecule has 162 valence electrons. The van der Waals surface area contributed by atoms with Crippen LogP contribution in [0.25, 0.3) is 0 Å². The number of nitrogens with zero attached hydrogens (tertiary/aromatic N) is 2. The Morgan fingerprint density at radius 1 is 1.40 bits per heavy atom. The van der Waals surface area contributed by atoms with E-state index >= 15 is 0 Å². The van der Waals surface area contributed by atoms with Crippen LogP contribution in [-0.4, -0.2) is 26.6 Å². The van der Waals surface area contributed by atoms with E-state index in [-0.39, 0.29) is 5.75 Å². The smallest absolute Gasteiger partial charge is 0.417 e. The number of nitro groups is 1. The van der Waals surface area contributed by atoms with Crippen LogP contribution in [-0.2, 0) is 15.3 Å². The molecule has 0 spiro atoms. The van der Waals surface area contributed by atoms with Crippen molar-refractivity contribution in [2.24, 2.45) is 5.73 Å². The Morgan fingerprint density at radius 3 is 2.53 bits per heavy atom. The Kier molecular flexibility index (Phi) is 6.72. The second-order valence-electron chi connectivity index (χ2n) is 5.73. The number of carbonyl (C=O) groups excluding carboxylic acids is 1. The average molecular weight is 470 g/mol. The molecule has 0 radical (unpaired) electrons. The van der Waals surface area contributed by atoms with Gasteiger partial charge in [0.15, 0.2) is 0 Å². The maximum absolute atomic E-state index is 12.7. The Bertz CT molecular complexity index is 1050. The molecule has 3 N–H and O–H groups in total. The predicted octanol–water partition coefficient (Wildman–Crippen LogP) is 4.10. The predicted molar refractivity (Wildman–Crippen MR) is 96.3 cm³/mol. The summed E-state index contributed by atoms with van der Waals surface area (Å²) < 4.78 is 59.4. The van der Waals surface area contributed by atoms with E-state index in [1.807, 2.05) is 0 Å². The van der Waals surface area contributed by atoms with E-state index in [4.69, 9.17) is 22.1 Å². The van der Waals surface area contributed by atoms with Crippen molar-refractivity contribution in [3.05, 3.63) is 56.7 Å². The summed E-state index contributed by atoms with van der Waals surface area (Å²) in [6, 6.07) is 3.15. The SMILES string of the molecule is CC(N)P(=O)(O)OC(=O)c1cc(Oc2ncc(C(F)(F)F)cc2Cl)ccc1[N+](=O)[O-]. The Hall–Kier alpha value is -2.73. The number of nitro benzene ring substituents is 1. The molecule has 2 rings (SSSR count). The van der Waals surface area contributed by atoms with E-state index < -0.39 is 58.2 Å². The maximum atomic E-state index is 12.7. The van der Waals surface area contributed by atoms with Crippen LogP contribution in [0.1, 0.15) is 22.8 Å². The molecule has 1 aromatic heterocycles. The first-order chi connectivity index (χ1) is 13.7. The summed E-state index contributed by atoms with van der Waals surface area (Å²) in [4.78, 5) is 35.3. The lowest BCUT2D eigenvalue weighted by Crippen LogP contribution is -2.19. The molecule has 0 amide bonds. The number of aromatic nitrogens is 1. The molecule has 2 atom stereocenters. The lowest BCUT2D eigenvalue weighted by molar-refractivity contribution is -0.385. The number of carbonyl (C=O) groups is 1. The molecule has 2 unspecified atom stereocenters. The molecule has 0 aliphatic rings. The van der Waals surface area contributed by atoms with Crippen LogP contribution in [0, 0.1) is 10.1 Å². The average Bonchev–Trinajstić information content (AvgIpc) is 2.61. The molecule has 0 bridgehead atoms. The van der Waals surface area contributed by atoms with Crippen LogP contribution >= 0.6 is 19.2 Å². The monoisotopic (exact) mass is 469 g/mol. The molecule has 2 aromatic rings. The van der Waals surface area contributed by atoms with Gasteiger partial charge in [-0.1, -0.05) is 11.6 Å². The molecule has 15 heteroatoms. The number of benzene rings is 1. The molecule has 0 aliphatic heterocycles. The standard InChI is InChI=1S/C15H12ClF3N3O7P/c1-7(20)30(26,27)29-14(23)10-5-9(2-3-12(10)22(24)25)28-13-11(16)4-8(6-21-13)15(17,18)19/h2-7H,20H2,1H3,(H,26,27). The second kappa shape index (κ2) is 8.56.